The molecule has 0 radical (unpaired) electrons. The molecular formula is C12H22N2O. The normalized spacial score (nSPS) is 27.9. The van der Waals surface area contributed by atoms with Gasteiger partial charge in [0, 0.05) is 12.5 Å². The molecule has 15 heavy (non-hydrogen) atoms. The van der Waals surface area contributed by atoms with Crippen molar-refractivity contribution >= 4 is 5.91 Å². The first-order valence-electron chi connectivity index (χ1n) is 6.34. The highest BCUT2D eigenvalue weighted by Gasteiger charge is 2.20. The van der Waals surface area contributed by atoms with Gasteiger partial charge in [0.25, 0.3) is 0 Å². The predicted octanol–water partition coefficient (Wildman–Crippen LogP) is 1.43. The van der Waals surface area contributed by atoms with E-state index in [0.29, 0.717) is 12.0 Å². The van der Waals surface area contributed by atoms with Gasteiger partial charge in [-0.2, -0.15) is 0 Å². The molecule has 2 rings (SSSR count). The van der Waals surface area contributed by atoms with Crippen LogP contribution in [0.15, 0.2) is 0 Å². The molecule has 1 aliphatic heterocycles. The minimum atomic E-state index is 0.274. The van der Waals surface area contributed by atoms with Gasteiger partial charge in [0.15, 0.2) is 0 Å². The molecule has 1 saturated heterocycles. The topological polar surface area (TPSA) is 41.1 Å². The number of rotatable bonds is 3. The molecule has 2 aliphatic rings. The van der Waals surface area contributed by atoms with E-state index in [4.69, 9.17) is 0 Å². The Morgan fingerprint density at radius 2 is 2.00 bits per heavy atom. The number of carbonyl (C=O) groups excluding carboxylic acids is 1. The van der Waals surface area contributed by atoms with Crippen molar-refractivity contribution < 1.29 is 4.79 Å². The van der Waals surface area contributed by atoms with Crippen LogP contribution in [0.25, 0.3) is 0 Å². The lowest BCUT2D eigenvalue weighted by Crippen LogP contribution is -2.37. The van der Waals surface area contributed by atoms with Crippen LogP contribution in [0, 0.1) is 5.92 Å². The Kier molecular flexibility index (Phi) is 4.01. The third-order valence-electron chi connectivity index (χ3n) is 3.61. The van der Waals surface area contributed by atoms with E-state index >= 15 is 0 Å². The van der Waals surface area contributed by atoms with Gasteiger partial charge in [-0.25, -0.2) is 0 Å². The fourth-order valence-corrected chi connectivity index (χ4v) is 2.68. The van der Waals surface area contributed by atoms with E-state index in [1.54, 1.807) is 0 Å². The van der Waals surface area contributed by atoms with Gasteiger partial charge in [-0.3, -0.25) is 4.79 Å². The van der Waals surface area contributed by atoms with E-state index < -0.39 is 0 Å². The lowest BCUT2D eigenvalue weighted by molar-refractivity contribution is -0.122. The highest BCUT2D eigenvalue weighted by Crippen LogP contribution is 2.18. The summed E-state index contributed by atoms with van der Waals surface area (Å²) < 4.78 is 0. The molecule has 1 aliphatic carbocycles. The van der Waals surface area contributed by atoms with Crippen LogP contribution in [0.2, 0.25) is 0 Å². The molecule has 1 atom stereocenters. The van der Waals surface area contributed by atoms with Gasteiger partial charge in [-0.1, -0.05) is 19.3 Å². The average molecular weight is 210 g/mol. The smallest absolute Gasteiger partial charge is 0.220 e. The molecule has 3 heteroatoms. The van der Waals surface area contributed by atoms with Crippen molar-refractivity contribution in [3.8, 4) is 0 Å². The molecule has 0 spiro atoms. The minimum Gasteiger partial charge on any atom is -0.353 e. The molecule has 2 N–H and O–H groups in total. The Labute approximate surface area is 92.0 Å². The molecule has 0 bridgehead atoms. The van der Waals surface area contributed by atoms with Gasteiger partial charge >= 0.3 is 0 Å². The number of hydrogen-bond donors (Lipinski definition) is 2. The van der Waals surface area contributed by atoms with Gasteiger partial charge < -0.3 is 10.6 Å². The molecule has 86 valence electrons. The summed E-state index contributed by atoms with van der Waals surface area (Å²) in [6, 6.07) is 0.473. The lowest BCUT2D eigenvalue weighted by atomic mass is 9.95. The highest BCUT2D eigenvalue weighted by molar-refractivity contribution is 5.76. The Morgan fingerprint density at radius 3 is 2.67 bits per heavy atom. The number of amides is 1. The molecule has 0 aromatic rings. The Hall–Kier alpha value is -0.570. The van der Waals surface area contributed by atoms with Crippen molar-refractivity contribution in [3.63, 3.8) is 0 Å². The third kappa shape index (κ3) is 3.49. The van der Waals surface area contributed by atoms with Gasteiger partial charge in [0.2, 0.25) is 5.91 Å². The average Bonchev–Trinajstić information content (AvgIpc) is 2.71. The maximum Gasteiger partial charge on any atom is 0.220 e. The van der Waals surface area contributed by atoms with Crippen LogP contribution in [0.5, 0.6) is 0 Å². The Morgan fingerprint density at radius 1 is 1.20 bits per heavy atom. The third-order valence-corrected chi connectivity index (χ3v) is 3.61. The van der Waals surface area contributed by atoms with Crippen molar-refractivity contribution in [2.75, 3.05) is 13.1 Å². The molecule has 0 aromatic heterocycles. The van der Waals surface area contributed by atoms with E-state index in [1.165, 1.54) is 32.1 Å². The highest BCUT2D eigenvalue weighted by atomic mass is 16.1. The molecule has 1 unspecified atom stereocenters. The van der Waals surface area contributed by atoms with Crippen molar-refractivity contribution in [3.05, 3.63) is 0 Å². The maximum absolute atomic E-state index is 11.7. The van der Waals surface area contributed by atoms with Crippen molar-refractivity contribution in [2.45, 2.75) is 51.0 Å². The van der Waals surface area contributed by atoms with Crippen LogP contribution in [0.1, 0.15) is 44.9 Å². The van der Waals surface area contributed by atoms with Gasteiger partial charge in [0.05, 0.1) is 0 Å². The number of carbonyl (C=O) groups is 1. The van der Waals surface area contributed by atoms with Crippen molar-refractivity contribution in [1.82, 2.24) is 10.6 Å². The first-order chi connectivity index (χ1) is 7.34. The van der Waals surface area contributed by atoms with Crippen LogP contribution in [-0.4, -0.2) is 25.0 Å². The van der Waals surface area contributed by atoms with E-state index in [0.717, 1.165) is 25.9 Å². The second-order valence-electron chi connectivity index (χ2n) is 4.97. The minimum absolute atomic E-state index is 0.274. The molecular weight excluding hydrogens is 188 g/mol. The monoisotopic (exact) mass is 210 g/mol. The summed E-state index contributed by atoms with van der Waals surface area (Å²) in [5.74, 6) is 0.851. The zero-order chi connectivity index (χ0) is 10.5. The molecule has 1 amide bonds. The van der Waals surface area contributed by atoms with Crippen LogP contribution in [-0.2, 0) is 4.79 Å². The lowest BCUT2D eigenvalue weighted by Gasteiger charge is -2.23. The largest absolute Gasteiger partial charge is 0.353 e. The first kappa shape index (κ1) is 10.9. The van der Waals surface area contributed by atoms with Gasteiger partial charge in [-0.15, -0.1) is 0 Å². The van der Waals surface area contributed by atoms with E-state index in [9.17, 15) is 4.79 Å². The summed E-state index contributed by atoms with van der Waals surface area (Å²) in [5.41, 5.74) is 0. The summed E-state index contributed by atoms with van der Waals surface area (Å²) in [6.45, 7) is 2.11. The van der Waals surface area contributed by atoms with Gasteiger partial charge in [-0.05, 0) is 38.3 Å². The zero-order valence-electron chi connectivity index (χ0n) is 9.43. The fourth-order valence-electron chi connectivity index (χ4n) is 2.68. The molecule has 3 nitrogen and oxygen atoms in total. The standard InChI is InChI=1S/C12H22N2O/c15-12(8-10-6-7-13-9-10)14-11-4-2-1-3-5-11/h10-11,13H,1-9H2,(H,14,15). The number of nitrogens with one attached hydrogen (secondary N) is 2. The van der Waals surface area contributed by atoms with Crippen LogP contribution in [0.4, 0.5) is 0 Å². The fraction of sp³-hybridized carbons (Fsp3) is 0.917. The Balaban J connectivity index is 1.66. The zero-order valence-corrected chi connectivity index (χ0v) is 9.43. The summed E-state index contributed by atoms with van der Waals surface area (Å²) in [4.78, 5) is 11.7. The number of hydrogen-bond acceptors (Lipinski definition) is 2. The summed E-state index contributed by atoms with van der Waals surface area (Å²) in [6.07, 6.45) is 8.19. The van der Waals surface area contributed by atoms with Crippen LogP contribution >= 0.6 is 0 Å². The van der Waals surface area contributed by atoms with Gasteiger partial charge in [0.1, 0.15) is 0 Å². The quantitative estimate of drug-likeness (QED) is 0.740. The molecule has 1 saturated carbocycles. The molecule has 2 fully saturated rings. The predicted molar refractivity (Wildman–Crippen MR) is 60.6 cm³/mol. The molecule has 1 heterocycles. The SMILES string of the molecule is O=C(CC1CCNC1)NC1CCCCC1. The Bertz CT molecular complexity index is 206. The second kappa shape index (κ2) is 5.50. The van der Waals surface area contributed by atoms with Crippen LogP contribution in [0.3, 0.4) is 0 Å². The van der Waals surface area contributed by atoms with Crippen molar-refractivity contribution in [2.24, 2.45) is 5.92 Å². The van der Waals surface area contributed by atoms with Crippen molar-refractivity contribution in [1.29, 1.82) is 0 Å². The first-order valence-corrected chi connectivity index (χ1v) is 6.34. The van der Waals surface area contributed by atoms with Crippen LogP contribution < -0.4 is 10.6 Å². The van der Waals surface area contributed by atoms with E-state index in [1.807, 2.05) is 0 Å². The maximum atomic E-state index is 11.7. The van der Waals surface area contributed by atoms with E-state index in [-0.39, 0.29) is 5.91 Å². The second-order valence-corrected chi connectivity index (χ2v) is 4.97. The van der Waals surface area contributed by atoms with E-state index in [2.05, 4.69) is 10.6 Å². The summed E-state index contributed by atoms with van der Waals surface area (Å²) >= 11 is 0. The molecule has 0 aromatic carbocycles. The summed E-state index contributed by atoms with van der Waals surface area (Å²) in [7, 11) is 0. The summed E-state index contributed by atoms with van der Waals surface area (Å²) in [5, 5.41) is 6.48.